The fraction of sp³-hybridized carbons (Fsp3) is 1.00. The van der Waals surface area contributed by atoms with Gasteiger partial charge in [-0.05, 0) is 6.42 Å². The van der Waals surface area contributed by atoms with Gasteiger partial charge in [-0.25, -0.2) is 0 Å². The molecule has 1 atom stereocenters. The molecule has 0 aromatic carbocycles. The molecule has 2 nitrogen and oxygen atoms in total. The molecule has 0 amide bonds. The summed E-state index contributed by atoms with van der Waals surface area (Å²) < 4.78 is 5.05. The van der Waals surface area contributed by atoms with Crippen molar-refractivity contribution >= 4 is 0 Å². The van der Waals surface area contributed by atoms with Gasteiger partial charge in [-0.1, -0.05) is 20.8 Å². The first-order chi connectivity index (χ1) is 4.54. The molecule has 0 radical (unpaired) electrons. The summed E-state index contributed by atoms with van der Waals surface area (Å²) in [5.41, 5.74) is 5.97. The van der Waals surface area contributed by atoms with Crippen molar-refractivity contribution < 1.29 is 4.74 Å². The Kier molecular flexibility index (Phi) is 3.91. The summed E-state index contributed by atoms with van der Waals surface area (Å²) in [4.78, 5) is 0. The number of nitrogens with two attached hydrogens (primary N) is 1. The van der Waals surface area contributed by atoms with Crippen LogP contribution in [0.5, 0.6) is 0 Å². The van der Waals surface area contributed by atoms with E-state index in [0.717, 1.165) is 13.0 Å². The minimum Gasteiger partial charge on any atom is -0.384 e. The van der Waals surface area contributed by atoms with Gasteiger partial charge in [-0.2, -0.15) is 0 Å². The van der Waals surface area contributed by atoms with E-state index < -0.39 is 0 Å². The molecule has 62 valence electrons. The monoisotopic (exact) mass is 145 g/mol. The van der Waals surface area contributed by atoms with Crippen LogP contribution in [0.4, 0.5) is 0 Å². The van der Waals surface area contributed by atoms with Gasteiger partial charge in [0.15, 0.2) is 0 Å². The van der Waals surface area contributed by atoms with Crippen LogP contribution < -0.4 is 5.73 Å². The molecule has 2 N–H and O–H groups in total. The third kappa shape index (κ3) is 2.67. The molecule has 0 aliphatic carbocycles. The summed E-state index contributed by atoms with van der Waals surface area (Å²) >= 11 is 0. The van der Waals surface area contributed by atoms with E-state index in [1.807, 2.05) is 0 Å². The second kappa shape index (κ2) is 3.94. The largest absolute Gasteiger partial charge is 0.384 e. The lowest BCUT2D eigenvalue weighted by molar-refractivity contribution is 0.0844. The van der Waals surface area contributed by atoms with Crippen LogP contribution in [0.2, 0.25) is 0 Å². The van der Waals surface area contributed by atoms with Gasteiger partial charge in [-0.3, -0.25) is 0 Å². The van der Waals surface area contributed by atoms with E-state index in [4.69, 9.17) is 10.5 Å². The summed E-state index contributed by atoms with van der Waals surface area (Å²) in [5.74, 6) is 0. The second-order valence-electron chi connectivity index (χ2n) is 3.44. The Labute approximate surface area is 63.7 Å². The minimum absolute atomic E-state index is 0.115. The first-order valence-electron chi connectivity index (χ1n) is 3.79. The van der Waals surface area contributed by atoms with Crippen LogP contribution in [0, 0.1) is 5.41 Å². The Balaban J connectivity index is 3.82. The highest BCUT2D eigenvalue weighted by Gasteiger charge is 2.24. The molecule has 2 heteroatoms. The summed E-state index contributed by atoms with van der Waals surface area (Å²) in [7, 11) is 1.71. The Bertz CT molecular complexity index is 91.3. The van der Waals surface area contributed by atoms with Crippen LogP contribution in [-0.2, 0) is 4.74 Å². The van der Waals surface area contributed by atoms with E-state index in [9.17, 15) is 0 Å². The van der Waals surface area contributed by atoms with Crippen molar-refractivity contribution in [2.24, 2.45) is 11.1 Å². The zero-order chi connectivity index (χ0) is 8.20. The Morgan fingerprint density at radius 2 is 2.00 bits per heavy atom. The number of hydrogen-bond donors (Lipinski definition) is 1. The lowest BCUT2D eigenvalue weighted by Gasteiger charge is -2.29. The number of ether oxygens (including phenoxy) is 1. The van der Waals surface area contributed by atoms with Crippen LogP contribution in [0.25, 0.3) is 0 Å². The molecule has 0 rings (SSSR count). The smallest absolute Gasteiger partial charge is 0.0528 e. The molecule has 10 heavy (non-hydrogen) atoms. The third-order valence-electron chi connectivity index (χ3n) is 1.96. The second-order valence-corrected chi connectivity index (χ2v) is 3.44. The van der Waals surface area contributed by atoms with E-state index in [2.05, 4.69) is 20.8 Å². The van der Waals surface area contributed by atoms with Crippen molar-refractivity contribution in [2.75, 3.05) is 13.7 Å². The molecule has 0 saturated carbocycles. The molecule has 0 saturated heterocycles. The number of hydrogen-bond acceptors (Lipinski definition) is 2. The third-order valence-corrected chi connectivity index (χ3v) is 1.96. The lowest BCUT2D eigenvalue weighted by atomic mass is 9.84. The minimum atomic E-state index is 0.115. The molecule has 0 spiro atoms. The van der Waals surface area contributed by atoms with Gasteiger partial charge in [-0.15, -0.1) is 0 Å². The Hall–Kier alpha value is -0.0800. The van der Waals surface area contributed by atoms with Crippen LogP contribution in [0.3, 0.4) is 0 Å². The molecule has 0 unspecified atom stereocenters. The maximum Gasteiger partial charge on any atom is 0.0528 e. The fourth-order valence-corrected chi connectivity index (χ4v) is 1.03. The van der Waals surface area contributed by atoms with Gasteiger partial charge in [0.1, 0.15) is 0 Å². The Morgan fingerprint density at radius 3 is 2.30 bits per heavy atom. The first kappa shape index (κ1) is 9.92. The van der Waals surface area contributed by atoms with Crippen LogP contribution in [-0.4, -0.2) is 19.8 Å². The molecule has 0 aliphatic heterocycles. The van der Waals surface area contributed by atoms with E-state index in [0.29, 0.717) is 0 Å². The standard InChI is InChI=1S/C8H19NO/c1-5-7(9)8(2,3)6-10-4/h7H,5-6,9H2,1-4H3/t7-/m1/s1. The predicted octanol–water partition coefficient (Wildman–Crippen LogP) is 1.40. The van der Waals surface area contributed by atoms with Crippen molar-refractivity contribution in [3.8, 4) is 0 Å². The number of rotatable bonds is 4. The molecule has 0 aromatic rings. The average molecular weight is 145 g/mol. The lowest BCUT2D eigenvalue weighted by Crippen LogP contribution is -2.39. The highest BCUT2D eigenvalue weighted by Crippen LogP contribution is 2.20. The van der Waals surface area contributed by atoms with Crippen molar-refractivity contribution in [2.45, 2.75) is 33.2 Å². The maximum absolute atomic E-state index is 5.86. The van der Waals surface area contributed by atoms with Gasteiger partial charge in [0.2, 0.25) is 0 Å². The molecule has 0 fully saturated rings. The molecule has 0 aliphatic rings. The van der Waals surface area contributed by atoms with E-state index >= 15 is 0 Å². The van der Waals surface area contributed by atoms with Gasteiger partial charge < -0.3 is 10.5 Å². The summed E-state index contributed by atoms with van der Waals surface area (Å²) in [6.07, 6.45) is 1.01. The predicted molar refractivity (Wildman–Crippen MR) is 43.9 cm³/mol. The topological polar surface area (TPSA) is 35.2 Å². The zero-order valence-corrected chi connectivity index (χ0v) is 7.48. The molecular weight excluding hydrogens is 126 g/mol. The number of methoxy groups -OCH3 is 1. The van der Waals surface area contributed by atoms with E-state index in [-0.39, 0.29) is 11.5 Å². The van der Waals surface area contributed by atoms with E-state index in [1.165, 1.54) is 0 Å². The summed E-state index contributed by atoms with van der Waals surface area (Å²) in [5, 5.41) is 0. The van der Waals surface area contributed by atoms with Gasteiger partial charge in [0, 0.05) is 18.6 Å². The molecular formula is C8H19NO. The van der Waals surface area contributed by atoms with Crippen molar-refractivity contribution in [3.63, 3.8) is 0 Å². The molecule has 0 heterocycles. The molecule has 0 aromatic heterocycles. The zero-order valence-electron chi connectivity index (χ0n) is 7.48. The van der Waals surface area contributed by atoms with E-state index in [1.54, 1.807) is 7.11 Å². The van der Waals surface area contributed by atoms with Crippen molar-refractivity contribution in [1.82, 2.24) is 0 Å². The molecule has 0 bridgehead atoms. The van der Waals surface area contributed by atoms with Gasteiger partial charge in [0.25, 0.3) is 0 Å². The van der Waals surface area contributed by atoms with Gasteiger partial charge in [0.05, 0.1) is 6.61 Å². The normalized spacial score (nSPS) is 15.3. The van der Waals surface area contributed by atoms with Crippen molar-refractivity contribution in [3.05, 3.63) is 0 Å². The van der Waals surface area contributed by atoms with Crippen LogP contribution in [0.1, 0.15) is 27.2 Å². The SMILES string of the molecule is CC[C@@H](N)C(C)(C)COC. The fourth-order valence-electron chi connectivity index (χ4n) is 1.03. The van der Waals surface area contributed by atoms with Crippen LogP contribution >= 0.6 is 0 Å². The summed E-state index contributed by atoms with van der Waals surface area (Å²) in [6, 6.07) is 0.243. The first-order valence-corrected chi connectivity index (χ1v) is 3.79. The maximum atomic E-state index is 5.86. The average Bonchev–Trinajstić information content (AvgIpc) is 1.86. The highest BCUT2D eigenvalue weighted by atomic mass is 16.5. The van der Waals surface area contributed by atoms with Crippen LogP contribution in [0.15, 0.2) is 0 Å². The van der Waals surface area contributed by atoms with Crippen molar-refractivity contribution in [1.29, 1.82) is 0 Å². The Morgan fingerprint density at radius 1 is 1.50 bits per heavy atom. The highest BCUT2D eigenvalue weighted by molar-refractivity contribution is 4.79. The quantitative estimate of drug-likeness (QED) is 0.649. The van der Waals surface area contributed by atoms with Gasteiger partial charge >= 0.3 is 0 Å². The summed E-state index contributed by atoms with van der Waals surface area (Å²) in [6.45, 7) is 7.10.